The van der Waals surface area contributed by atoms with Crippen molar-refractivity contribution < 1.29 is 14.0 Å². The molecule has 0 bridgehead atoms. The predicted octanol–water partition coefficient (Wildman–Crippen LogP) is 2.82. The highest BCUT2D eigenvalue weighted by Gasteiger charge is 2.22. The highest BCUT2D eigenvalue weighted by atomic mass is 19.1. The van der Waals surface area contributed by atoms with E-state index in [2.05, 4.69) is 31.0 Å². The molecule has 3 aromatic heterocycles. The third kappa shape index (κ3) is 3.90. The standard InChI is InChI=1S/C21H19FN8O2/c1-11-4-3-5-16(27-11)29-21(32)28-15-7-6-12(8-14(15)22)17-13(20(31)24-2)9-30-18(17)19(23)25-10-26-30/h3-10H,1-2H3,(H,24,31)(H2,23,25,26)(H2,27,28,29,32). The van der Waals surface area contributed by atoms with Crippen LogP contribution in [0.2, 0.25) is 0 Å². The molecule has 0 saturated carbocycles. The van der Waals surface area contributed by atoms with Gasteiger partial charge in [-0.25, -0.2) is 23.7 Å². The number of nitrogens with two attached hydrogens (primary N) is 1. The van der Waals surface area contributed by atoms with Crippen LogP contribution in [0, 0.1) is 12.7 Å². The minimum atomic E-state index is -0.701. The molecule has 1 aromatic carbocycles. The van der Waals surface area contributed by atoms with Gasteiger partial charge in [-0.3, -0.25) is 10.1 Å². The Kier molecular flexibility index (Phi) is 5.37. The van der Waals surface area contributed by atoms with Gasteiger partial charge in [-0.1, -0.05) is 12.1 Å². The average Bonchev–Trinajstić information content (AvgIpc) is 3.15. The Balaban J connectivity index is 1.67. The molecular weight excluding hydrogens is 415 g/mol. The van der Waals surface area contributed by atoms with Crippen molar-refractivity contribution in [2.75, 3.05) is 23.4 Å². The quantitative estimate of drug-likeness (QED) is 0.389. The van der Waals surface area contributed by atoms with Crippen molar-refractivity contribution in [1.82, 2.24) is 24.9 Å². The third-order valence-corrected chi connectivity index (χ3v) is 4.71. The number of hydrogen-bond donors (Lipinski definition) is 4. The first-order valence-corrected chi connectivity index (χ1v) is 9.53. The average molecular weight is 434 g/mol. The van der Waals surface area contributed by atoms with Crippen LogP contribution in [0.15, 0.2) is 48.9 Å². The van der Waals surface area contributed by atoms with E-state index in [1.165, 1.54) is 36.2 Å². The van der Waals surface area contributed by atoms with Gasteiger partial charge < -0.3 is 16.4 Å². The van der Waals surface area contributed by atoms with Crippen molar-refractivity contribution in [3.05, 3.63) is 66.0 Å². The first kappa shape index (κ1) is 20.7. The molecule has 0 radical (unpaired) electrons. The Morgan fingerprint density at radius 3 is 2.69 bits per heavy atom. The van der Waals surface area contributed by atoms with E-state index < -0.39 is 17.8 Å². The minimum Gasteiger partial charge on any atom is -0.382 e. The van der Waals surface area contributed by atoms with Crippen molar-refractivity contribution in [1.29, 1.82) is 0 Å². The van der Waals surface area contributed by atoms with E-state index in [4.69, 9.17) is 5.73 Å². The van der Waals surface area contributed by atoms with Gasteiger partial charge in [0, 0.05) is 24.5 Å². The Labute approximate surface area is 181 Å². The summed E-state index contributed by atoms with van der Waals surface area (Å²) in [5.74, 6) is -0.617. The monoisotopic (exact) mass is 434 g/mol. The molecule has 162 valence electrons. The molecular formula is C21H19FN8O2. The van der Waals surface area contributed by atoms with E-state index in [1.54, 1.807) is 31.2 Å². The number of pyridine rings is 1. The lowest BCUT2D eigenvalue weighted by Crippen LogP contribution is -2.21. The number of nitrogen functional groups attached to an aromatic ring is 1. The lowest BCUT2D eigenvalue weighted by atomic mass is 10.0. The Hall–Kier alpha value is -4.54. The van der Waals surface area contributed by atoms with Crippen LogP contribution in [0.25, 0.3) is 16.6 Å². The van der Waals surface area contributed by atoms with Gasteiger partial charge in [0.2, 0.25) is 0 Å². The third-order valence-electron chi connectivity index (χ3n) is 4.71. The maximum absolute atomic E-state index is 14.9. The number of urea groups is 1. The molecule has 3 amide bonds. The van der Waals surface area contributed by atoms with Crippen molar-refractivity contribution in [3.8, 4) is 11.1 Å². The summed E-state index contributed by atoms with van der Waals surface area (Å²) in [6.07, 6.45) is 2.75. The molecule has 4 aromatic rings. The summed E-state index contributed by atoms with van der Waals surface area (Å²) in [4.78, 5) is 32.8. The molecule has 0 atom stereocenters. The Morgan fingerprint density at radius 2 is 1.97 bits per heavy atom. The second kappa shape index (κ2) is 8.30. The Morgan fingerprint density at radius 1 is 1.16 bits per heavy atom. The SMILES string of the molecule is CNC(=O)c1cn2ncnc(N)c2c1-c1ccc(NC(=O)Nc2cccc(C)n2)c(F)c1. The molecule has 0 spiro atoms. The van der Waals surface area contributed by atoms with E-state index in [9.17, 15) is 14.0 Å². The maximum atomic E-state index is 14.9. The number of benzene rings is 1. The number of aromatic nitrogens is 4. The number of hydrogen-bond acceptors (Lipinski definition) is 6. The molecule has 10 nitrogen and oxygen atoms in total. The van der Waals surface area contributed by atoms with Crippen LogP contribution in [-0.2, 0) is 0 Å². The van der Waals surface area contributed by atoms with Gasteiger partial charge in [0.25, 0.3) is 5.91 Å². The molecule has 0 aliphatic rings. The van der Waals surface area contributed by atoms with Gasteiger partial charge in [-0.15, -0.1) is 0 Å². The number of carbonyl (C=O) groups excluding carboxylic acids is 2. The highest BCUT2D eigenvalue weighted by Crippen LogP contribution is 2.34. The van der Waals surface area contributed by atoms with Gasteiger partial charge in [0.05, 0.1) is 11.3 Å². The van der Waals surface area contributed by atoms with E-state index in [0.717, 1.165) is 5.69 Å². The van der Waals surface area contributed by atoms with Gasteiger partial charge in [0.1, 0.15) is 23.5 Å². The zero-order valence-corrected chi connectivity index (χ0v) is 17.2. The van der Waals surface area contributed by atoms with Crippen LogP contribution < -0.4 is 21.7 Å². The Bertz CT molecular complexity index is 1350. The number of carbonyl (C=O) groups is 2. The molecule has 0 aliphatic heterocycles. The molecule has 3 heterocycles. The van der Waals surface area contributed by atoms with Gasteiger partial charge in [0.15, 0.2) is 5.82 Å². The number of nitrogens with zero attached hydrogens (tertiary/aromatic N) is 4. The largest absolute Gasteiger partial charge is 0.382 e. The number of rotatable bonds is 4. The molecule has 11 heteroatoms. The van der Waals surface area contributed by atoms with Gasteiger partial charge in [-0.05, 0) is 36.8 Å². The van der Waals surface area contributed by atoms with Crippen LogP contribution in [0.1, 0.15) is 16.1 Å². The molecule has 0 fully saturated rings. The van der Waals surface area contributed by atoms with Crippen LogP contribution in [0.3, 0.4) is 0 Å². The molecule has 32 heavy (non-hydrogen) atoms. The van der Waals surface area contributed by atoms with Gasteiger partial charge >= 0.3 is 6.03 Å². The molecule has 0 unspecified atom stereocenters. The van der Waals surface area contributed by atoms with Crippen LogP contribution >= 0.6 is 0 Å². The van der Waals surface area contributed by atoms with Crippen LogP contribution in [-0.4, -0.2) is 38.6 Å². The summed E-state index contributed by atoms with van der Waals surface area (Å²) in [7, 11) is 1.48. The molecule has 5 N–H and O–H groups in total. The number of anilines is 3. The van der Waals surface area contributed by atoms with Crippen molar-refractivity contribution in [3.63, 3.8) is 0 Å². The highest BCUT2D eigenvalue weighted by molar-refractivity contribution is 6.07. The van der Waals surface area contributed by atoms with Crippen LogP contribution in [0.4, 0.5) is 26.5 Å². The van der Waals surface area contributed by atoms with Crippen molar-refractivity contribution in [2.24, 2.45) is 0 Å². The number of nitrogens with one attached hydrogen (secondary N) is 3. The number of fused-ring (bicyclic) bond motifs is 1. The zero-order valence-electron chi connectivity index (χ0n) is 17.2. The fourth-order valence-corrected chi connectivity index (χ4v) is 3.29. The number of amides is 3. The second-order valence-corrected chi connectivity index (χ2v) is 6.87. The van der Waals surface area contributed by atoms with Crippen LogP contribution in [0.5, 0.6) is 0 Å². The summed E-state index contributed by atoms with van der Waals surface area (Å²) < 4.78 is 16.3. The summed E-state index contributed by atoms with van der Waals surface area (Å²) in [6.45, 7) is 1.79. The van der Waals surface area contributed by atoms with E-state index in [0.29, 0.717) is 22.5 Å². The fraction of sp³-hybridized carbons (Fsp3) is 0.0952. The van der Waals surface area contributed by atoms with E-state index >= 15 is 0 Å². The second-order valence-electron chi connectivity index (χ2n) is 6.87. The summed E-state index contributed by atoms with van der Waals surface area (Å²) in [5, 5.41) is 11.6. The maximum Gasteiger partial charge on any atom is 0.324 e. The fourth-order valence-electron chi connectivity index (χ4n) is 3.29. The summed E-state index contributed by atoms with van der Waals surface area (Å²) in [6, 6.07) is 8.68. The van der Waals surface area contributed by atoms with E-state index in [1.807, 2.05) is 0 Å². The molecule has 4 rings (SSSR count). The smallest absolute Gasteiger partial charge is 0.324 e. The predicted molar refractivity (Wildman–Crippen MR) is 118 cm³/mol. The van der Waals surface area contributed by atoms with E-state index in [-0.39, 0.29) is 17.1 Å². The molecule has 0 aliphatic carbocycles. The summed E-state index contributed by atoms with van der Waals surface area (Å²) >= 11 is 0. The first-order valence-electron chi connectivity index (χ1n) is 9.53. The van der Waals surface area contributed by atoms with Gasteiger partial charge in [-0.2, -0.15) is 5.10 Å². The lowest BCUT2D eigenvalue weighted by molar-refractivity contribution is 0.0963. The number of aryl methyl sites for hydroxylation is 1. The molecule has 0 saturated heterocycles. The zero-order chi connectivity index (χ0) is 22.8. The first-order chi connectivity index (χ1) is 15.4. The minimum absolute atomic E-state index is 0.0480. The topological polar surface area (TPSA) is 139 Å². The normalized spacial score (nSPS) is 10.7. The van der Waals surface area contributed by atoms with Crippen molar-refractivity contribution >= 4 is 34.8 Å². The lowest BCUT2D eigenvalue weighted by Gasteiger charge is -2.10. The van der Waals surface area contributed by atoms with Crippen molar-refractivity contribution in [2.45, 2.75) is 6.92 Å². The summed E-state index contributed by atoms with van der Waals surface area (Å²) in [5.41, 5.74) is 8.05. The number of halogens is 1.